The minimum atomic E-state index is -0.248. The van der Waals surface area contributed by atoms with Gasteiger partial charge in [-0.3, -0.25) is 9.59 Å². The van der Waals surface area contributed by atoms with Crippen LogP contribution in [0.5, 0.6) is 5.75 Å². The van der Waals surface area contributed by atoms with Crippen LogP contribution in [0.2, 0.25) is 0 Å². The molecule has 1 fully saturated rings. The van der Waals surface area contributed by atoms with Crippen LogP contribution < -0.4 is 10.1 Å². The van der Waals surface area contributed by atoms with Gasteiger partial charge in [0.25, 0.3) is 0 Å². The summed E-state index contributed by atoms with van der Waals surface area (Å²) in [6.45, 7) is 4.40. The molecule has 1 aromatic carbocycles. The van der Waals surface area contributed by atoms with E-state index in [0.717, 1.165) is 31.6 Å². The lowest BCUT2D eigenvalue weighted by Gasteiger charge is -2.23. The molecule has 1 aliphatic rings. The first-order chi connectivity index (χ1) is 12.1. The zero-order valence-electron chi connectivity index (χ0n) is 15.1. The van der Waals surface area contributed by atoms with Gasteiger partial charge in [-0.2, -0.15) is 0 Å². The standard InChI is InChI=1S/C19H28N2O4/c1-3-25-17-9-7-16(8-10-17)20-18(22)14-15-6-4-5-11-21(19(15)23)12-13-24-2/h7-10,15H,3-6,11-14H2,1-2H3,(H,20,22). The van der Waals surface area contributed by atoms with Crippen molar-refractivity contribution in [2.24, 2.45) is 5.92 Å². The molecule has 25 heavy (non-hydrogen) atoms. The third-order valence-electron chi connectivity index (χ3n) is 4.34. The van der Waals surface area contributed by atoms with Gasteiger partial charge in [0.15, 0.2) is 0 Å². The molecule has 0 aromatic heterocycles. The molecule has 6 heteroatoms. The summed E-state index contributed by atoms with van der Waals surface area (Å²) in [4.78, 5) is 26.8. The van der Waals surface area contributed by atoms with E-state index in [1.807, 2.05) is 36.1 Å². The Bertz CT molecular complexity index is 559. The normalized spacial score (nSPS) is 17.9. The van der Waals surface area contributed by atoms with Crippen LogP contribution in [0.25, 0.3) is 0 Å². The number of hydrogen-bond acceptors (Lipinski definition) is 4. The molecule has 1 heterocycles. The lowest BCUT2D eigenvalue weighted by atomic mass is 9.98. The molecule has 6 nitrogen and oxygen atoms in total. The van der Waals surface area contributed by atoms with E-state index in [1.165, 1.54) is 0 Å². The largest absolute Gasteiger partial charge is 0.494 e. The minimum absolute atomic E-state index is 0.0661. The van der Waals surface area contributed by atoms with E-state index in [-0.39, 0.29) is 24.2 Å². The van der Waals surface area contributed by atoms with E-state index < -0.39 is 0 Å². The number of benzene rings is 1. The van der Waals surface area contributed by atoms with Crippen molar-refractivity contribution in [1.29, 1.82) is 0 Å². The second-order valence-corrected chi connectivity index (χ2v) is 6.22. The predicted octanol–water partition coefficient (Wildman–Crippen LogP) is 2.69. The monoisotopic (exact) mass is 348 g/mol. The molecule has 1 unspecified atom stereocenters. The van der Waals surface area contributed by atoms with Crippen LogP contribution in [0.15, 0.2) is 24.3 Å². The number of carbonyl (C=O) groups excluding carboxylic acids is 2. The number of anilines is 1. The smallest absolute Gasteiger partial charge is 0.226 e. The van der Waals surface area contributed by atoms with Crippen molar-refractivity contribution in [3.8, 4) is 5.75 Å². The van der Waals surface area contributed by atoms with Crippen LogP contribution in [0.3, 0.4) is 0 Å². The Balaban J connectivity index is 1.90. The van der Waals surface area contributed by atoms with Crippen molar-refractivity contribution in [2.75, 3.05) is 38.7 Å². The Labute approximate surface area is 149 Å². The number of hydrogen-bond donors (Lipinski definition) is 1. The van der Waals surface area contributed by atoms with Crippen molar-refractivity contribution < 1.29 is 19.1 Å². The fraction of sp³-hybridized carbons (Fsp3) is 0.579. The molecule has 1 aromatic rings. The average Bonchev–Trinajstić information content (AvgIpc) is 2.77. The van der Waals surface area contributed by atoms with E-state index in [1.54, 1.807) is 7.11 Å². The minimum Gasteiger partial charge on any atom is -0.494 e. The van der Waals surface area contributed by atoms with Gasteiger partial charge >= 0.3 is 0 Å². The third-order valence-corrected chi connectivity index (χ3v) is 4.34. The molecule has 1 saturated heterocycles. The molecule has 0 spiro atoms. The van der Waals surface area contributed by atoms with Gasteiger partial charge in [-0.15, -0.1) is 0 Å². The highest BCUT2D eigenvalue weighted by Crippen LogP contribution is 2.22. The van der Waals surface area contributed by atoms with E-state index in [2.05, 4.69) is 5.32 Å². The Morgan fingerprint density at radius 2 is 2.04 bits per heavy atom. The zero-order chi connectivity index (χ0) is 18.1. The summed E-state index contributed by atoms with van der Waals surface area (Å²) < 4.78 is 10.5. The van der Waals surface area contributed by atoms with Crippen molar-refractivity contribution >= 4 is 17.5 Å². The summed E-state index contributed by atoms with van der Waals surface area (Å²) in [5.74, 6) is 0.461. The lowest BCUT2D eigenvalue weighted by Crippen LogP contribution is -2.38. The Kier molecular flexibility index (Phi) is 7.73. The number of methoxy groups -OCH3 is 1. The first-order valence-electron chi connectivity index (χ1n) is 8.94. The number of ether oxygens (including phenoxy) is 2. The Morgan fingerprint density at radius 3 is 2.72 bits per heavy atom. The predicted molar refractivity (Wildman–Crippen MR) is 96.7 cm³/mol. The van der Waals surface area contributed by atoms with Gasteiger partial charge in [0, 0.05) is 38.2 Å². The van der Waals surface area contributed by atoms with Crippen molar-refractivity contribution in [3.63, 3.8) is 0 Å². The number of carbonyl (C=O) groups is 2. The summed E-state index contributed by atoms with van der Waals surface area (Å²) in [7, 11) is 1.63. The number of likely N-dealkylation sites (tertiary alicyclic amines) is 1. The highest BCUT2D eigenvalue weighted by molar-refractivity contribution is 5.94. The molecule has 138 valence electrons. The fourth-order valence-electron chi connectivity index (χ4n) is 3.04. The van der Waals surface area contributed by atoms with Crippen LogP contribution in [-0.2, 0) is 14.3 Å². The summed E-state index contributed by atoms with van der Waals surface area (Å²) in [5, 5.41) is 2.87. The summed E-state index contributed by atoms with van der Waals surface area (Å²) in [6, 6.07) is 7.26. The second kappa shape index (κ2) is 10.0. The summed E-state index contributed by atoms with van der Waals surface area (Å²) in [5.41, 5.74) is 0.714. The van der Waals surface area contributed by atoms with Crippen molar-refractivity contribution in [1.82, 2.24) is 4.90 Å². The number of nitrogens with zero attached hydrogens (tertiary/aromatic N) is 1. The van der Waals surface area contributed by atoms with Gasteiger partial charge in [-0.05, 0) is 44.0 Å². The first-order valence-corrected chi connectivity index (χ1v) is 8.94. The third kappa shape index (κ3) is 6.05. The van der Waals surface area contributed by atoms with Crippen molar-refractivity contribution in [2.45, 2.75) is 32.6 Å². The Hall–Kier alpha value is -2.08. The molecule has 0 radical (unpaired) electrons. The maximum absolute atomic E-state index is 12.6. The average molecular weight is 348 g/mol. The van der Waals surface area contributed by atoms with E-state index in [4.69, 9.17) is 9.47 Å². The maximum Gasteiger partial charge on any atom is 0.226 e. The van der Waals surface area contributed by atoms with Crippen molar-refractivity contribution in [3.05, 3.63) is 24.3 Å². The zero-order valence-corrected chi connectivity index (χ0v) is 15.1. The molecular formula is C19H28N2O4. The fourth-order valence-corrected chi connectivity index (χ4v) is 3.04. The summed E-state index contributed by atoms with van der Waals surface area (Å²) in [6.07, 6.45) is 2.93. The topological polar surface area (TPSA) is 67.9 Å². The molecular weight excluding hydrogens is 320 g/mol. The highest BCUT2D eigenvalue weighted by Gasteiger charge is 2.28. The number of rotatable bonds is 8. The van der Waals surface area contributed by atoms with E-state index in [0.29, 0.717) is 25.4 Å². The number of nitrogens with one attached hydrogen (secondary N) is 1. The van der Waals surface area contributed by atoms with Crippen LogP contribution >= 0.6 is 0 Å². The molecule has 2 rings (SSSR count). The van der Waals surface area contributed by atoms with Gasteiger partial charge in [-0.1, -0.05) is 6.42 Å². The van der Waals surface area contributed by atoms with E-state index in [9.17, 15) is 9.59 Å². The maximum atomic E-state index is 12.6. The first kappa shape index (κ1) is 19.2. The van der Waals surface area contributed by atoms with Gasteiger partial charge in [0.2, 0.25) is 11.8 Å². The van der Waals surface area contributed by atoms with Crippen LogP contribution in [-0.4, -0.2) is 50.1 Å². The molecule has 1 aliphatic heterocycles. The molecule has 0 saturated carbocycles. The molecule has 2 amide bonds. The van der Waals surface area contributed by atoms with Gasteiger partial charge in [0.1, 0.15) is 5.75 Å². The number of amides is 2. The molecule has 1 N–H and O–H groups in total. The lowest BCUT2D eigenvalue weighted by molar-refractivity contribution is -0.137. The highest BCUT2D eigenvalue weighted by atomic mass is 16.5. The Morgan fingerprint density at radius 1 is 1.28 bits per heavy atom. The van der Waals surface area contributed by atoms with Gasteiger partial charge in [-0.25, -0.2) is 0 Å². The van der Waals surface area contributed by atoms with Crippen LogP contribution in [0.1, 0.15) is 32.6 Å². The van der Waals surface area contributed by atoms with Crippen LogP contribution in [0.4, 0.5) is 5.69 Å². The molecule has 1 atom stereocenters. The molecule has 0 aliphatic carbocycles. The quantitative estimate of drug-likeness (QED) is 0.784. The molecule has 0 bridgehead atoms. The van der Waals surface area contributed by atoms with Gasteiger partial charge in [0.05, 0.1) is 13.2 Å². The second-order valence-electron chi connectivity index (χ2n) is 6.22. The van der Waals surface area contributed by atoms with E-state index >= 15 is 0 Å². The SMILES string of the molecule is CCOc1ccc(NC(=O)CC2CCCCN(CCOC)C2=O)cc1. The van der Waals surface area contributed by atoms with Crippen LogP contribution in [0, 0.1) is 5.92 Å². The van der Waals surface area contributed by atoms with Gasteiger partial charge < -0.3 is 19.7 Å². The summed E-state index contributed by atoms with van der Waals surface area (Å²) >= 11 is 0.